The van der Waals surface area contributed by atoms with Gasteiger partial charge in [-0.25, -0.2) is 0 Å². The third kappa shape index (κ3) is 5.27. The van der Waals surface area contributed by atoms with Crippen LogP contribution in [0.15, 0.2) is 60.7 Å². The lowest BCUT2D eigenvalue weighted by atomic mass is 9.72. The number of halogens is 4. The van der Waals surface area contributed by atoms with Crippen molar-refractivity contribution in [3.63, 3.8) is 0 Å². The Morgan fingerprint density at radius 3 is 2.35 bits per heavy atom. The molecule has 4 aliphatic rings. The minimum atomic E-state index is -1.77. The SMILES string of the molecule is C[C@]1(OCc2ccccc2)C[C@@H]2C(C(=O)N(CC3CC3)c3cc(Cl)cc(Cl)c3)[C@H](C(=O)O)[C@@]3(C(=O)Nc4c(Cl)cc(Cl)cc43)N2C1. The molecule has 8 nitrogen and oxygen atoms in total. The van der Waals surface area contributed by atoms with E-state index in [0.717, 1.165) is 18.4 Å². The summed E-state index contributed by atoms with van der Waals surface area (Å²) < 4.78 is 6.53. The van der Waals surface area contributed by atoms with E-state index in [9.17, 15) is 19.5 Å². The molecule has 7 rings (SSSR count). The molecular weight excluding hydrogens is 672 g/mol. The Hall–Kier alpha value is -2.85. The van der Waals surface area contributed by atoms with Gasteiger partial charge in [-0.15, -0.1) is 0 Å². The number of anilines is 2. The summed E-state index contributed by atoms with van der Waals surface area (Å²) in [6, 6.07) is 17.0. The fourth-order valence-corrected chi connectivity index (χ4v) is 8.78. The Morgan fingerprint density at radius 1 is 1.02 bits per heavy atom. The van der Waals surface area contributed by atoms with Crippen molar-refractivity contribution in [1.29, 1.82) is 0 Å². The van der Waals surface area contributed by atoms with Crippen molar-refractivity contribution in [3.8, 4) is 0 Å². The summed E-state index contributed by atoms with van der Waals surface area (Å²) in [6.45, 7) is 2.82. The molecule has 2 saturated heterocycles. The summed E-state index contributed by atoms with van der Waals surface area (Å²) >= 11 is 25.8. The molecular formula is C34H31Cl4N3O5. The summed E-state index contributed by atoms with van der Waals surface area (Å²) in [6.07, 6.45) is 2.21. The Kier molecular flexibility index (Phi) is 8.06. The molecule has 3 aliphatic heterocycles. The smallest absolute Gasteiger partial charge is 0.310 e. The minimum absolute atomic E-state index is 0.189. The number of carboxylic acid groups (broad SMARTS) is 1. The number of rotatable bonds is 8. The maximum absolute atomic E-state index is 15.0. The van der Waals surface area contributed by atoms with Crippen LogP contribution < -0.4 is 10.2 Å². The van der Waals surface area contributed by atoms with Crippen LogP contribution in [0.2, 0.25) is 20.1 Å². The Balaban J connectivity index is 1.37. The van der Waals surface area contributed by atoms with E-state index in [1.165, 1.54) is 6.07 Å². The lowest BCUT2D eigenvalue weighted by Gasteiger charge is -2.38. The van der Waals surface area contributed by atoms with Crippen LogP contribution in [0.1, 0.15) is 37.3 Å². The number of carbonyl (C=O) groups excluding carboxylic acids is 2. The Bertz CT molecular complexity index is 1730. The molecule has 3 fully saturated rings. The minimum Gasteiger partial charge on any atom is -0.481 e. The molecule has 2 amide bonds. The molecule has 3 aromatic rings. The Labute approximate surface area is 286 Å². The van der Waals surface area contributed by atoms with Crippen LogP contribution in [0.25, 0.3) is 0 Å². The van der Waals surface area contributed by atoms with Crippen molar-refractivity contribution in [3.05, 3.63) is 91.9 Å². The van der Waals surface area contributed by atoms with Crippen LogP contribution in [0.3, 0.4) is 0 Å². The number of aliphatic carboxylic acids is 1. The van der Waals surface area contributed by atoms with Gasteiger partial charge >= 0.3 is 5.97 Å². The van der Waals surface area contributed by atoms with Gasteiger partial charge in [-0.1, -0.05) is 76.7 Å². The lowest BCUT2D eigenvalue weighted by Crippen LogP contribution is -2.55. The highest BCUT2D eigenvalue weighted by Crippen LogP contribution is 2.61. The van der Waals surface area contributed by atoms with Crippen LogP contribution in [-0.4, -0.2) is 52.5 Å². The number of amides is 2. The van der Waals surface area contributed by atoms with Crippen LogP contribution in [0.4, 0.5) is 11.4 Å². The second-order valence-electron chi connectivity index (χ2n) is 13.0. The summed E-state index contributed by atoms with van der Waals surface area (Å²) in [5.41, 5.74) is -0.501. The first kappa shape index (κ1) is 31.7. The fourth-order valence-electron chi connectivity index (χ4n) is 7.72. The van der Waals surface area contributed by atoms with Gasteiger partial charge in [0, 0.05) is 45.5 Å². The molecule has 1 unspecified atom stereocenters. The average Bonchev–Trinajstić information content (AvgIpc) is 3.61. The zero-order chi connectivity index (χ0) is 32.5. The number of benzene rings is 3. The van der Waals surface area contributed by atoms with Gasteiger partial charge in [-0.05, 0) is 68.0 Å². The Morgan fingerprint density at radius 2 is 1.70 bits per heavy atom. The number of fused-ring (bicyclic) bond motifs is 4. The van der Waals surface area contributed by atoms with Gasteiger partial charge in [0.15, 0.2) is 0 Å². The quantitative estimate of drug-likeness (QED) is 0.256. The predicted molar refractivity (Wildman–Crippen MR) is 178 cm³/mol. The first-order valence-corrected chi connectivity index (χ1v) is 16.7. The van der Waals surface area contributed by atoms with E-state index in [4.69, 9.17) is 51.1 Å². The number of carboxylic acids is 1. The number of hydrogen-bond acceptors (Lipinski definition) is 5. The first-order chi connectivity index (χ1) is 21.9. The van der Waals surface area contributed by atoms with E-state index in [2.05, 4.69) is 5.32 Å². The maximum atomic E-state index is 15.0. The van der Waals surface area contributed by atoms with Gasteiger partial charge in [0.1, 0.15) is 11.5 Å². The second kappa shape index (κ2) is 11.7. The summed E-state index contributed by atoms with van der Waals surface area (Å²) in [4.78, 5) is 46.3. The number of carbonyl (C=O) groups is 3. The van der Waals surface area contributed by atoms with Crippen molar-refractivity contribution in [1.82, 2.24) is 4.90 Å². The van der Waals surface area contributed by atoms with Gasteiger partial charge in [0.2, 0.25) is 5.91 Å². The largest absolute Gasteiger partial charge is 0.481 e. The van der Waals surface area contributed by atoms with Crippen LogP contribution >= 0.6 is 46.4 Å². The molecule has 0 aromatic heterocycles. The lowest BCUT2D eigenvalue weighted by molar-refractivity contribution is -0.153. The van der Waals surface area contributed by atoms with Crippen molar-refractivity contribution in [2.45, 2.75) is 50.0 Å². The number of hydrogen-bond donors (Lipinski definition) is 2. The standard InChI is InChI=1S/C34H31Cl4N3O5/c1-33(46-16-19-5-3-2-4-6-19)14-26-27(30(42)40(15-18-7-8-18)23-10-20(35)9-21(36)11-23)28(31(43)44)34(41(26)17-33)24-12-22(37)13-25(38)29(24)39-32(34)45/h2-6,9-13,18,26-28H,7-8,14-17H2,1H3,(H,39,45)(H,43,44)/t26-,27?,28-,33+,34+/m1/s1. The summed E-state index contributed by atoms with van der Waals surface area (Å²) in [5.74, 6) is -4.58. The zero-order valence-electron chi connectivity index (χ0n) is 24.8. The van der Waals surface area contributed by atoms with Crippen LogP contribution in [0.5, 0.6) is 0 Å². The molecule has 240 valence electrons. The molecule has 0 bridgehead atoms. The van der Waals surface area contributed by atoms with E-state index in [0.29, 0.717) is 46.6 Å². The zero-order valence-corrected chi connectivity index (χ0v) is 27.8. The third-order valence-corrected chi connectivity index (χ3v) is 10.8. The second-order valence-corrected chi connectivity index (χ2v) is 14.7. The van der Waals surface area contributed by atoms with Crippen molar-refractivity contribution >= 4 is 75.6 Å². The first-order valence-electron chi connectivity index (χ1n) is 15.2. The topological polar surface area (TPSA) is 99.2 Å². The molecule has 2 N–H and O–H groups in total. The van der Waals surface area contributed by atoms with Gasteiger partial charge in [0.25, 0.3) is 5.91 Å². The highest BCUT2D eigenvalue weighted by molar-refractivity contribution is 6.38. The molecule has 3 aromatic carbocycles. The highest BCUT2D eigenvalue weighted by atomic mass is 35.5. The van der Waals surface area contributed by atoms with Gasteiger partial charge < -0.3 is 20.1 Å². The molecule has 46 heavy (non-hydrogen) atoms. The van der Waals surface area contributed by atoms with Gasteiger partial charge in [-0.3, -0.25) is 19.3 Å². The van der Waals surface area contributed by atoms with E-state index < -0.39 is 46.8 Å². The number of nitrogens with zero attached hydrogens (tertiary/aromatic N) is 2. The maximum Gasteiger partial charge on any atom is 0.310 e. The monoisotopic (exact) mass is 701 g/mol. The molecule has 3 heterocycles. The highest BCUT2D eigenvalue weighted by Gasteiger charge is 2.74. The third-order valence-electron chi connectivity index (χ3n) is 9.82. The number of nitrogens with one attached hydrogen (secondary N) is 1. The van der Waals surface area contributed by atoms with Crippen molar-refractivity contribution in [2.75, 3.05) is 23.3 Å². The number of ether oxygens (including phenoxy) is 1. The van der Waals surface area contributed by atoms with Crippen molar-refractivity contribution in [2.24, 2.45) is 17.8 Å². The summed E-state index contributed by atoms with van der Waals surface area (Å²) in [5, 5.41) is 15.0. The van der Waals surface area contributed by atoms with Crippen LogP contribution in [-0.2, 0) is 31.3 Å². The van der Waals surface area contributed by atoms with Crippen molar-refractivity contribution < 1.29 is 24.2 Å². The molecule has 5 atom stereocenters. The van der Waals surface area contributed by atoms with Gasteiger partial charge in [-0.2, -0.15) is 0 Å². The predicted octanol–water partition coefficient (Wildman–Crippen LogP) is 7.27. The fraction of sp³-hybridized carbons (Fsp3) is 0.382. The molecule has 1 saturated carbocycles. The molecule has 1 spiro atoms. The molecule has 0 radical (unpaired) electrons. The summed E-state index contributed by atoms with van der Waals surface area (Å²) in [7, 11) is 0. The normalized spacial score (nSPS) is 28.3. The van der Waals surface area contributed by atoms with Gasteiger partial charge in [0.05, 0.1) is 28.8 Å². The molecule has 1 aliphatic carbocycles. The average molecular weight is 703 g/mol. The van der Waals surface area contributed by atoms with E-state index >= 15 is 0 Å². The van der Waals surface area contributed by atoms with E-state index in [1.807, 2.05) is 42.2 Å². The molecule has 12 heteroatoms. The van der Waals surface area contributed by atoms with Crippen LogP contribution in [0, 0.1) is 17.8 Å². The van der Waals surface area contributed by atoms with E-state index in [-0.39, 0.29) is 22.5 Å². The van der Waals surface area contributed by atoms with E-state index in [1.54, 1.807) is 29.2 Å².